The van der Waals surface area contributed by atoms with Gasteiger partial charge in [-0.2, -0.15) is 0 Å². The molecule has 1 fully saturated rings. The molecule has 92 valence electrons. The van der Waals surface area contributed by atoms with Crippen LogP contribution in [0.4, 0.5) is 0 Å². The van der Waals surface area contributed by atoms with Gasteiger partial charge in [-0.25, -0.2) is 0 Å². The maximum absolute atomic E-state index is 11.2. The van der Waals surface area contributed by atoms with Crippen LogP contribution in [0.25, 0.3) is 0 Å². The Balaban J connectivity index is 0. The molecule has 1 aliphatic rings. The first-order valence-electron chi connectivity index (χ1n) is 6.03. The van der Waals surface area contributed by atoms with Crippen molar-refractivity contribution >= 4 is 5.91 Å². The number of amides is 1. The summed E-state index contributed by atoms with van der Waals surface area (Å²) in [6, 6.07) is 0. The van der Waals surface area contributed by atoms with E-state index in [0.29, 0.717) is 5.92 Å². The fourth-order valence-electron chi connectivity index (χ4n) is 1.73. The van der Waals surface area contributed by atoms with Crippen molar-refractivity contribution in [1.82, 2.24) is 5.32 Å². The molecule has 3 N–H and O–H groups in total. The summed E-state index contributed by atoms with van der Waals surface area (Å²) in [5, 5.41) is 2.71. The van der Waals surface area contributed by atoms with Crippen LogP contribution in [0.15, 0.2) is 0 Å². The quantitative estimate of drug-likeness (QED) is 0.705. The van der Waals surface area contributed by atoms with E-state index in [1.54, 1.807) is 7.05 Å². The van der Waals surface area contributed by atoms with Gasteiger partial charge in [-0.15, -0.1) is 0 Å². The second kappa shape index (κ2) is 11.5. The topological polar surface area (TPSA) is 55.1 Å². The first kappa shape index (κ1) is 16.8. The molecule has 0 spiro atoms. The van der Waals surface area contributed by atoms with Crippen LogP contribution in [0.1, 0.15) is 46.5 Å². The van der Waals surface area contributed by atoms with Gasteiger partial charge in [0, 0.05) is 13.0 Å². The van der Waals surface area contributed by atoms with Gasteiger partial charge < -0.3 is 11.1 Å². The van der Waals surface area contributed by atoms with Gasteiger partial charge in [0.2, 0.25) is 5.91 Å². The Bertz CT molecular complexity index is 141. The zero-order valence-corrected chi connectivity index (χ0v) is 11.0. The van der Waals surface area contributed by atoms with Gasteiger partial charge in [-0.1, -0.05) is 20.8 Å². The highest BCUT2D eigenvalue weighted by molar-refractivity contribution is 5.78. The Hall–Kier alpha value is -0.570. The van der Waals surface area contributed by atoms with Crippen molar-refractivity contribution in [2.45, 2.75) is 46.5 Å². The first-order valence-corrected chi connectivity index (χ1v) is 6.03. The summed E-state index contributed by atoms with van der Waals surface area (Å²) >= 11 is 0. The van der Waals surface area contributed by atoms with Crippen molar-refractivity contribution in [1.29, 1.82) is 0 Å². The molecule has 0 bridgehead atoms. The molecule has 0 aliphatic heterocycles. The Labute approximate surface area is 94.8 Å². The number of rotatable bonds is 1. The van der Waals surface area contributed by atoms with Crippen molar-refractivity contribution in [3.05, 3.63) is 0 Å². The van der Waals surface area contributed by atoms with Crippen molar-refractivity contribution in [3.8, 4) is 0 Å². The van der Waals surface area contributed by atoms with Crippen molar-refractivity contribution in [2.24, 2.45) is 17.6 Å². The molecule has 3 nitrogen and oxygen atoms in total. The van der Waals surface area contributed by atoms with Gasteiger partial charge in [0.1, 0.15) is 0 Å². The third-order valence-corrected chi connectivity index (χ3v) is 2.63. The molecule has 1 amide bonds. The van der Waals surface area contributed by atoms with E-state index in [0.717, 1.165) is 18.8 Å². The van der Waals surface area contributed by atoms with E-state index in [1.165, 1.54) is 19.9 Å². The summed E-state index contributed by atoms with van der Waals surface area (Å²) in [4.78, 5) is 11.2. The zero-order valence-electron chi connectivity index (χ0n) is 11.0. The number of hydrogen-bond donors (Lipinski definition) is 2. The molecule has 0 aromatic carbocycles. The monoisotopic (exact) mass is 216 g/mol. The molecule has 0 radical (unpaired) electrons. The average Bonchev–Trinajstić information content (AvgIpc) is 2.34. The Morgan fingerprint density at radius 1 is 1.13 bits per heavy atom. The number of nitrogens with one attached hydrogen (secondary N) is 1. The second-order valence-electron chi connectivity index (χ2n) is 3.57. The number of carbonyl (C=O) groups excluding carboxylic acids is 1. The minimum atomic E-state index is 0.233. The third-order valence-electron chi connectivity index (χ3n) is 2.63. The van der Waals surface area contributed by atoms with Gasteiger partial charge in [-0.3, -0.25) is 4.79 Å². The molecule has 1 saturated carbocycles. The highest BCUT2D eigenvalue weighted by Crippen LogP contribution is 2.27. The van der Waals surface area contributed by atoms with Crippen LogP contribution in [0.5, 0.6) is 0 Å². The molecule has 0 atom stereocenters. The van der Waals surface area contributed by atoms with E-state index in [1.807, 2.05) is 13.8 Å². The minimum Gasteiger partial charge on any atom is -0.359 e. The molecular formula is C12H28N2O. The van der Waals surface area contributed by atoms with E-state index < -0.39 is 0 Å². The number of nitrogens with two attached hydrogens (primary N) is 1. The van der Waals surface area contributed by atoms with E-state index in [-0.39, 0.29) is 5.91 Å². The van der Waals surface area contributed by atoms with Crippen molar-refractivity contribution in [2.75, 3.05) is 14.1 Å². The molecule has 1 aliphatic carbocycles. The van der Waals surface area contributed by atoms with Crippen LogP contribution in [-0.2, 0) is 4.79 Å². The minimum absolute atomic E-state index is 0.233. The fraction of sp³-hybridized carbons (Fsp3) is 0.917. The van der Waals surface area contributed by atoms with Crippen LogP contribution >= 0.6 is 0 Å². The summed E-state index contributed by atoms with van der Waals surface area (Å²) in [6.45, 7) is 6.26. The summed E-state index contributed by atoms with van der Waals surface area (Å²) in [7, 11) is 3.22. The zero-order chi connectivity index (χ0) is 12.3. The van der Waals surface area contributed by atoms with E-state index in [2.05, 4.69) is 18.0 Å². The lowest BCUT2D eigenvalue weighted by Gasteiger charge is -2.24. The second-order valence-corrected chi connectivity index (χ2v) is 3.57. The maximum atomic E-state index is 11.2. The van der Waals surface area contributed by atoms with Gasteiger partial charge >= 0.3 is 0 Å². The largest absolute Gasteiger partial charge is 0.359 e. The molecule has 3 heteroatoms. The van der Waals surface area contributed by atoms with Crippen molar-refractivity contribution in [3.63, 3.8) is 0 Å². The van der Waals surface area contributed by atoms with Crippen LogP contribution in [-0.4, -0.2) is 20.0 Å². The summed E-state index contributed by atoms with van der Waals surface area (Å²) in [5.74, 6) is 1.36. The fourth-order valence-corrected chi connectivity index (χ4v) is 1.73. The van der Waals surface area contributed by atoms with Crippen molar-refractivity contribution < 1.29 is 4.79 Å². The average molecular weight is 216 g/mol. The van der Waals surface area contributed by atoms with Gasteiger partial charge in [0.15, 0.2) is 0 Å². The standard InChI is InChI=1S/C9H17NO.C2H6.CH5N/c1-7-3-5-8(6-4-7)9(11)10-2;2*1-2/h7-8H,3-6H2,1-2H3,(H,10,11);1-2H3;2H2,1H3. The predicted octanol–water partition coefficient (Wildman–Crippen LogP) is 2.16. The third kappa shape index (κ3) is 7.37. The van der Waals surface area contributed by atoms with Crippen LogP contribution < -0.4 is 11.1 Å². The Morgan fingerprint density at radius 2 is 1.53 bits per heavy atom. The summed E-state index contributed by atoms with van der Waals surface area (Å²) in [6.07, 6.45) is 4.61. The van der Waals surface area contributed by atoms with Gasteiger partial charge in [0.05, 0.1) is 0 Å². The van der Waals surface area contributed by atoms with E-state index in [4.69, 9.17) is 0 Å². The first-order chi connectivity index (χ1) is 7.24. The van der Waals surface area contributed by atoms with Crippen LogP contribution in [0, 0.1) is 11.8 Å². The normalized spacial score (nSPS) is 23.9. The molecular weight excluding hydrogens is 188 g/mol. The number of carbonyl (C=O) groups is 1. The molecule has 15 heavy (non-hydrogen) atoms. The highest BCUT2D eigenvalue weighted by Gasteiger charge is 2.22. The Kier molecular flexibility index (Phi) is 12.9. The lowest BCUT2D eigenvalue weighted by Crippen LogP contribution is -2.30. The van der Waals surface area contributed by atoms with E-state index >= 15 is 0 Å². The molecule has 0 saturated heterocycles. The smallest absolute Gasteiger partial charge is 0.222 e. The van der Waals surface area contributed by atoms with Crippen LogP contribution in [0.2, 0.25) is 0 Å². The van der Waals surface area contributed by atoms with Gasteiger partial charge in [-0.05, 0) is 38.6 Å². The number of hydrogen-bond acceptors (Lipinski definition) is 2. The van der Waals surface area contributed by atoms with Crippen LogP contribution in [0.3, 0.4) is 0 Å². The molecule has 0 aromatic heterocycles. The van der Waals surface area contributed by atoms with Gasteiger partial charge in [0.25, 0.3) is 0 Å². The summed E-state index contributed by atoms with van der Waals surface area (Å²) < 4.78 is 0. The molecule has 1 rings (SSSR count). The highest BCUT2D eigenvalue weighted by atomic mass is 16.1. The van der Waals surface area contributed by atoms with E-state index in [9.17, 15) is 4.79 Å². The Morgan fingerprint density at radius 3 is 1.87 bits per heavy atom. The SMILES string of the molecule is CC.CN.CNC(=O)C1CCC(C)CC1. The lowest BCUT2D eigenvalue weighted by molar-refractivity contribution is -0.125. The summed E-state index contributed by atoms with van der Waals surface area (Å²) in [5.41, 5.74) is 4.50. The molecule has 0 heterocycles. The lowest BCUT2D eigenvalue weighted by atomic mass is 9.83. The predicted molar refractivity (Wildman–Crippen MR) is 66.6 cm³/mol. The molecule has 0 aromatic rings. The molecule has 0 unspecified atom stereocenters. The maximum Gasteiger partial charge on any atom is 0.222 e.